The van der Waals surface area contributed by atoms with E-state index in [0.717, 1.165) is 6.20 Å². The predicted octanol–water partition coefficient (Wildman–Crippen LogP) is 1.61. The van der Waals surface area contributed by atoms with Gasteiger partial charge in [-0.1, -0.05) is 0 Å². The molecule has 0 aromatic carbocycles. The van der Waals surface area contributed by atoms with Crippen LogP contribution in [0.4, 0.5) is 27.6 Å². The number of aromatic nitrogens is 2. The number of alkyl halides is 5. The lowest BCUT2D eigenvalue weighted by molar-refractivity contribution is -0.143. The molecule has 0 aliphatic heterocycles. The molecule has 0 spiro atoms. The van der Waals surface area contributed by atoms with Gasteiger partial charge in [-0.2, -0.15) is 18.3 Å². The van der Waals surface area contributed by atoms with Crippen molar-refractivity contribution in [3.05, 3.63) is 21.0 Å². The van der Waals surface area contributed by atoms with Gasteiger partial charge in [0.25, 0.3) is 11.5 Å². The molecule has 5 nitrogen and oxygen atoms in total. The van der Waals surface area contributed by atoms with Crippen molar-refractivity contribution in [3.63, 3.8) is 0 Å². The lowest BCUT2D eigenvalue weighted by Crippen LogP contribution is -2.33. The van der Waals surface area contributed by atoms with E-state index in [1.807, 2.05) is 0 Å². The zero-order chi connectivity index (χ0) is 15.6. The molecule has 0 bridgehead atoms. The molecule has 1 heterocycles. The third-order valence-electron chi connectivity index (χ3n) is 2.08. The zero-order valence-corrected chi connectivity index (χ0v) is 11.3. The molecule has 11 heteroatoms. The van der Waals surface area contributed by atoms with Crippen LogP contribution in [0.2, 0.25) is 0 Å². The van der Waals surface area contributed by atoms with E-state index in [1.165, 1.54) is 0 Å². The van der Waals surface area contributed by atoms with Gasteiger partial charge < -0.3 is 10.4 Å². The highest BCUT2D eigenvalue weighted by Crippen LogP contribution is 2.21. The highest BCUT2D eigenvalue weighted by molar-refractivity contribution is 9.10. The van der Waals surface area contributed by atoms with Gasteiger partial charge in [0.15, 0.2) is 0 Å². The predicted molar refractivity (Wildman–Crippen MR) is 62.8 cm³/mol. The Balaban J connectivity index is 2.93. The third-order valence-corrected chi connectivity index (χ3v) is 2.85. The van der Waals surface area contributed by atoms with Crippen LogP contribution in [0.5, 0.6) is 0 Å². The number of nitrogens with one attached hydrogen (secondary N) is 1. The fraction of sp³-hybridized carbons (Fsp3) is 0.556. The van der Waals surface area contributed by atoms with Crippen LogP contribution < -0.4 is 10.9 Å². The van der Waals surface area contributed by atoms with Crippen molar-refractivity contribution in [3.8, 4) is 0 Å². The quantitative estimate of drug-likeness (QED) is 0.778. The molecular formula is C9H9BrF5N3O2. The number of aliphatic hydroxyl groups is 1. The average Bonchev–Trinajstić information content (AvgIpc) is 2.33. The maximum atomic E-state index is 12.8. The van der Waals surface area contributed by atoms with E-state index in [0.29, 0.717) is 0 Å². The number of nitrogens with zero attached hydrogens (tertiary/aromatic N) is 2. The van der Waals surface area contributed by atoms with E-state index in [1.54, 1.807) is 0 Å². The minimum absolute atomic E-state index is 0.152. The molecule has 1 aromatic rings. The molecule has 0 saturated carbocycles. The van der Waals surface area contributed by atoms with Crippen molar-refractivity contribution < 1.29 is 27.1 Å². The molecule has 0 atom stereocenters. The zero-order valence-electron chi connectivity index (χ0n) is 9.72. The number of anilines is 1. The van der Waals surface area contributed by atoms with Crippen LogP contribution in [-0.2, 0) is 6.54 Å². The monoisotopic (exact) mass is 365 g/mol. The average molecular weight is 366 g/mol. The van der Waals surface area contributed by atoms with Crippen LogP contribution in [0.25, 0.3) is 0 Å². The minimum atomic E-state index is -4.63. The number of rotatable bonds is 5. The van der Waals surface area contributed by atoms with E-state index >= 15 is 0 Å². The standard InChI is InChI=1S/C9H9BrF5N3O2/c10-6-5(16-2-8(11,12)4-19)1-17-18(7(6)20)3-9(13,14)15/h1,16,19H,2-4H2. The third kappa shape index (κ3) is 4.71. The Morgan fingerprint density at radius 2 is 1.95 bits per heavy atom. The van der Waals surface area contributed by atoms with E-state index in [9.17, 15) is 26.7 Å². The fourth-order valence-corrected chi connectivity index (χ4v) is 1.60. The number of hydrogen-bond acceptors (Lipinski definition) is 4. The molecule has 0 amide bonds. The van der Waals surface area contributed by atoms with Crippen molar-refractivity contribution in [2.45, 2.75) is 18.6 Å². The normalized spacial score (nSPS) is 12.6. The first-order chi connectivity index (χ1) is 9.06. The van der Waals surface area contributed by atoms with Crippen molar-refractivity contribution in [1.82, 2.24) is 9.78 Å². The molecule has 0 fully saturated rings. The summed E-state index contributed by atoms with van der Waals surface area (Å²) >= 11 is 2.72. The van der Waals surface area contributed by atoms with Gasteiger partial charge in [-0.05, 0) is 15.9 Å². The van der Waals surface area contributed by atoms with E-state index in [-0.39, 0.29) is 14.8 Å². The summed E-state index contributed by atoms with van der Waals surface area (Å²) in [5.74, 6) is -3.43. The molecule has 0 radical (unpaired) electrons. The van der Waals surface area contributed by atoms with Crippen molar-refractivity contribution in [2.24, 2.45) is 0 Å². The van der Waals surface area contributed by atoms with Gasteiger partial charge in [0.2, 0.25) is 0 Å². The van der Waals surface area contributed by atoms with Gasteiger partial charge >= 0.3 is 6.18 Å². The number of aliphatic hydroxyl groups excluding tert-OH is 1. The Labute approximate surface area is 117 Å². The van der Waals surface area contributed by atoms with Crippen LogP contribution in [0.15, 0.2) is 15.5 Å². The second-order valence-corrected chi connectivity index (χ2v) is 4.61. The molecular weight excluding hydrogens is 357 g/mol. The molecule has 0 aliphatic rings. The summed E-state index contributed by atoms with van der Waals surface area (Å²) in [6, 6.07) is 0. The molecule has 0 saturated heterocycles. The van der Waals surface area contributed by atoms with E-state index in [4.69, 9.17) is 5.11 Å². The first-order valence-electron chi connectivity index (χ1n) is 5.11. The Kier molecular flexibility index (Phi) is 5.08. The fourth-order valence-electron chi connectivity index (χ4n) is 1.15. The maximum absolute atomic E-state index is 12.8. The van der Waals surface area contributed by atoms with Gasteiger partial charge in [0.1, 0.15) is 17.6 Å². The highest BCUT2D eigenvalue weighted by Gasteiger charge is 2.30. The van der Waals surface area contributed by atoms with Gasteiger partial charge in [0, 0.05) is 0 Å². The van der Waals surface area contributed by atoms with Gasteiger partial charge in [-0.15, -0.1) is 0 Å². The summed E-state index contributed by atoms with van der Waals surface area (Å²) in [5, 5.41) is 13.7. The van der Waals surface area contributed by atoms with Crippen molar-refractivity contribution in [1.29, 1.82) is 0 Å². The van der Waals surface area contributed by atoms with Crippen LogP contribution in [0.3, 0.4) is 0 Å². The van der Waals surface area contributed by atoms with Crippen LogP contribution in [0.1, 0.15) is 0 Å². The maximum Gasteiger partial charge on any atom is 0.408 e. The second kappa shape index (κ2) is 6.04. The minimum Gasteiger partial charge on any atom is -0.390 e. The topological polar surface area (TPSA) is 67.2 Å². The lowest BCUT2D eigenvalue weighted by atomic mass is 10.3. The number of halogens is 6. The van der Waals surface area contributed by atoms with E-state index in [2.05, 4.69) is 26.3 Å². The summed E-state index contributed by atoms with van der Waals surface area (Å²) in [4.78, 5) is 11.5. The Hall–Kier alpha value is -1.23. The molecule has 1 rings (SSSR count). The molecule has 2 N–H and O–H groups in total. The molecule has 0 aliphatic carbocycles. The SMILES string of the molecule is O=c1c(Br)c(NCC(F)(F)CO)cnn1CC(F)(F)F. The van der Waals surface area contributed by atoms with Crippen molar-refractivity contribution in [2.75, 3.05) is 18.5 Å². The largest absolute Gasteiger partial charge is 0.408 e. The molecule has 114 valence electrons. The number of hydrogen-bond donors (Lipinski definition) is 2. The second-order valence-electron chi connectivity index (χ2n) is 3.82. The van der Waals surface area contributed by atoms with Gasteiger partial charge in [0.05, 0.1) is 18.4 Å². The first kappa shape index (κ1) is 16.8. The Morgan fingerprint density at radius 3 is 2.45 bits per heavy atom. The summed E-state index contributed by atoms with van der Waals surface area (Å²) in [6.45, 7) is -3.99. The smallest absolute Gasteiger partial charge is 0.390 e. The first-order valence-corrected chi connectivity index (χ1v) is 5.90. The Bertz CT molecular complexity index is 531. The summed E-state index contributed by atoms with van der Waals surface area (Å²) in [6.07, 6.45) is -3.82. The van der Waals surface area contributed by atoms with Crippen molar-refractivity contribution >= 4 is 21.6 Å². The van der Waals surface area contributed by atoms with Crippen LogP contribution >= 0.6 is 15.9 Å². The van der Waals surface area contributed by atoms with Gasteiger partial charge in [-0.25, -0.2) is 13.5 Å². The summed E-state index contributed by atoms with van der Waals surface area (Å²) in [7, 11) is 0. The Morgan fingerprint density at radius 1 is 1.35 bits per heavy atom. The molecule has 1 aromatic heterocycles. The van der Waals surface area contributed by atoms with Crippen LogP contribution in [-0.4, -0.2) is 40.1 Å². The van der Waals surface area contributed by atoms with E-state index < -0.39 is 37.4 Å². The highest BCUT2D eigenvalue weighted by atomic mass is 79.9. The lowest BCUT2D eigenvalue weighted by Gasteiger charge is -2.16. The molecule has 20 heavy (non-hydrogen) atoms. The summed E-state index contributed by atoms with van der Waals surface area (Å²) < 4.78 is 61.8. The van der Waals surface area contributed by atoms with Crippen LogP contribution in [0, 0.1) is 0 Å². The summed E-state index contributed by atoms with van der Waals surface area (Å²) in [5.41, 5.74) is -1.30. The van der Waals surface area contributed by atoms with Gasteiger partial charge in [-0.3, -0.25) is 4.79 Å². The molecule has 0 unspecified atom stereocenters.